The van der Waals surface area contributed by atoms with Crippen molar-refractivity contribution < 1.29 is 5.11 Å². The summed E-state index contributed by atoms with van der Waals surface area (Å²) in [5.74, 6) is 0. The fraction of sp³-hybridized carbons (Fsp3) is 0.500. The summed E-state index contributed by atoms with van der Waals surface area (Å²) in [7, 11) is 1.92. The molecule has 0 saturated heterocycles. The van der Waals surface area contributed by atoms with Crippen molar-refractivity contribution in [2.75, 3.05) is 13.7 Å². The van der Waals surface area contributed by atoms with Crippen molar-refractivity contribution >= 4 is 11.3 Å². The molecule has 0 radical (unpaired) electrons. The predicted octanol–water partition coefficient (Wildman–Crippen LogP) is 1.39. The van der Waals surface area contributed by atoms with Gasteiger partial charge in [-0.05, 0) is 24.9 Å². The topological polar surface area (TPSA) is 32.3 Å². The molecular formula is C8H13NOS. The Morgan fingerprint density at radius 3 is 3.00 bits per heavy atom. The lowest BCUT2D eigenvalue weighted by molar-refractivity contribution is 0.269. The second kappa shape index (κ2) is 4.49. The number of nitrogens with one attached hydrogen (secondary N) is 1. The zero-order chi connectivity index (χ0) is 8.10. The average Bonchev–Trinajstić information content (AvgIpc) is 2.52. The van der Waals surface area contributed by atoms with E-state index in [1.54, 1.807) is 11.3 Å². The van der Waals surface area contributed by atoms with E-state index >= 15 is 0 Å². The highest BCUT2D eigenvalue weighted by atomic mass is 32.1. The summed E-state index contributed by atoms with van der Waals surface area (Å²) < 4.78 is 0. The van der Waals surface area contributed by atoms with Gasteiger partial charge in [0.15, 0.2) is 0 Å². The van der Waals surface area contributed by atoms with Gasteiger partial charge in [0.25, 0.3) is 0 Å². The normalized spacial score (nSPS) is 13.3. The van der Waals surface area contributed by atoms with Gasteiger partial charge in [0, 0.05) is 17.5 Å². The van der Waals surface area contributed by atoms with Crippen LogP contribution in [0.3, 0.4) is 0 Å². The van der Waals surface area contributed by atoms with Crippen LogP contribution in [0, 0.1) is 0 Å². The van der Waals surface area contributed by atoms with Gasteiger partial charge in [0.2, 0.25) is 0 Å². The van der Waals surface area contributed by atoms with Crippen LogP contribution in [0.4, 0.5) is 0 Å². The number of rotatable bonds is 4. The molecular weight excluding hydrogens is 158 g/mol. The first kappa shape index (κ1) is 8.71. The molecule has 1 heterocycles. The SMILES string of the molecule is CNC(CCO)c1cccs1. The standard InChI is InChI=1S/C8H13NOS/c1-9-7(4-5-10)8-3-2-6-11-8/h2-3,6-7,9-10H,4-5H2,1H3. The van der Waals surface area contributed by atoms with Gasteiger partial charge in [-0.2, -0.15) is 0 Å². The van der Waals surface area contributed by atoms with Crippen molar-refractivity contribution in [2.45, 2.75) is 12.5 Å². The van der Waals surface area contributed by atoms with Crippen LogP contribution < -0.4 is 5.32 Å². The fourth-order valence-corrected chi connectivity index (χ4v) is 1.92. The molecule has 0 aliphatic carbocycles. The Kier molecular flexibility index (Phi) is 3.56. The van der Waals surface area contributed by atoms with Crippen molar-refractivity contribution in [1.29, 1.82) is 0 Å². The molecule has 2 nitrogen and oxygen atoms in total. The van der Waals surface area contributed by atoms with E-state index in [1.807, 2.05) is 13.1 Å². The first-order chi connectivity index (χ1) is 5.38. The van der Waals surface area contributed by atoms with E-state index in [4.69, 9.17) is 5.11 Å². The Morgan fingerprint density at radius 1 is 1.73 bits per heavy atom. The summed E-state index contributed by atoms with van der Waals surface area (Å²) in [6.07, 6.45) is 0.789. The maximum Gasteiger partial charge on any atom is 0.0449 e. The largest absolute Gasteiger partial charge is 0.396 e. The molecule has 2 N–H and O–H groups in total. The first-order valence-corrected chi connectivity index (χ1v) is 4.58. The van der Waals surface area contributed by atoms with Crippen LogP contribution in [-0.2, 0) is 0 Å². The van der Waals surface area contributed by atoms with E-state index in [9.17, 15) is 0 Å². The van der Waals surface area contributed by atoms with E-state index in [-0.39, 0.29) is 6.61 Å². The van der Waals surface area contributed by atoms with Gasteiger partial charge < -0.3 is 10.4 Å². The van der Waals surface area contributed by atoms with Crippen LogP contribution in [0.5, 0.6) is 0 Å². The second-order valence-electron chi connectivity index (χ2n) is 2.37. The average molecular weight is 171 g/mol. The van der Waals surface area contributed by atoms with Crippen molar-refractivity contribution in [3.05, 3.63) is 22.4 Å². The van der Waals surface area contributed by atoms with Crippen molar-refractivity contribution in [2.24, 2.45) is 0 Å². The summed E-state index contributed by atoms with van der Waals surface area (Å²) in [5, 5.41) is 13.9. The number of aliphatic hydroxyl groups excluding tert-OH is 1. The maximum absolute atomic E-state index is 8.73. The van der Waals surface area contributed by atoms with Crippen LogP contribution in [0.15, 0.2) is 17.5 Å². The van der Waals surface area contributed by atoms with Gasteiger partial charge in [0.1, 0.15) is 0 Å². The van der Waals surface area contributed by atoms with Gasteiger partial charge in [-0.1, -0.05) is 6.07 Å². The lowest BCUT2D eigenvalue weighted by Crippen LogP contribution is -2.16. The van der Waals surface area contributed by atoms with E-state index in [0.29, 0.717) is 6.04 Å². The van der Waals surface area contributed by atoms with Crippen LogP contribution in [0.1, 0.15) is 17.3 Å². The maximum atomic E-state index is 8.73. The molecule has 1 aromatic rings. The molecule has 1 aromatic heterocycles. The molecule has 0 aromatic carbocycles. The van der Waals surface area contributed by atoms with Crippen LogP contribution in [-0.4, -0.2) is 18.8 Å². The predicted molar refractivity (Wildman–Crippen MR) is 47.8 cm³/mol. The molecule has 11 heavy (non-hydrogen) atoms. The zero-order valence-corrected chi connectivity index (χ0v) is 7.40. The number of aliphatic hydroxyl groups is 1. The van der Waals surface area contributed by atoms with E-state index in [1.165, 1.54) is 4.88 Å². The van der Waals surface area contributed by atoms with Crippen molar-refractivity contribution in [3.63, 3.8) is 0 Å². The number of hydrogen-bond donors (Lipinski definition) is 2. The molecule has 0 amide bonds. The molecule has 0 aliphatic heterocycles. The van der Waals surface area contributed by atoms with Gasteiger partial charge in [-0.3, -0.25) is 0 Å². The van der Waals surface area contributed by atoms with Crippen LogP contribution in [0.25, 0.3) is 0 Å². The molecule has 0 saturated carbocycles. The highest BCUT2D eigenvalue weighted by Gasteiger charge is 2.07. The van der Waals surface area contributed by atoms with Gasteiger partial charge in [0.05, 0.1) is 0 Å². The first-order valence-electron chi connectivity index (χ1n) is 3.70. The minimum Gasteiger partial charge on any atom is -0.396 e. The van der Waals surface area contributed by atoms with Gasteiger partial charge in [-0.25, -0.2) is 0 Å². The molecule has 0 bridgehead atoms. The quantitative estimate of drug-likeness (QED) is 0.717. The third kappa shape index (κ3) is 2.29. The minimum absolute atomic E-state index is 0.239. The summed E-state index contributed by atoms with van der Waals surface area (Å²) >= 11 is 1.72. The molecule has 3 heteroatoms. The van der Waals surface area contributed by atoms with Crippen LogP contribution in [0.2, 0.25) is 0 Å². The molecule has 1 unspecified atom stereocenters. The smallest absolute Gasteiger partial charge is 0.0449 e. The van der Waals surface area contributed by atoms with Crippen LogP contribution >= 0.6 is 11.3 Å². The Balaban J connectivity index is 2.56. The Labute approximate surface area is 70.9 Å². The third-order valence-electron chi connectivity index (χ3n) is 1.65. The number of thiophene rings is 1. The summed E-state index contributed by atoms with van der Waals surface area (Å²) in [6.45, 7) is 0.239. The minimum atomic E-state index is 0.239. The van der Waals surface area contributed by atoms with Crippen molar-refractivity contribution in [3.8, 4) is 0 Å². The highest BCUT2D eigenvalue weighted by molar-refractivity contribution is 7.10. The molecule has 62 valence electrons. The molecule has 0 spiro atoms. The van der Waals surface area contributed by atoms with E-state index < -0.39 is 0 Å². The Bertz CT molecular complexity index is 186. The number of hydrogen-bond acceptors (Lipinski definition) is 3. The summed E-state index contributed by atoms with van der Waals surface area (Å²) in [5.41, 5.74) is 0. The summed E-state index contributed by atoms with van der Waals surface area (Å²) in [4.78, 5) is 1.29. The Hall–Kier alpha value is -0.380. The zero-order valence-electron chi connectivity index (χ0n) is 6.58. The monoisotopic (exact) mass is 171 g/mol. The lowest BCUT2D eigenvalue weighted by atomic mass is 10.2. The third-order valence-corrected chi connectivity index (χ3v) is 2.64. The van der Waals surface area contributed by atoms with Crippen molar-refractivity contribution in [1.82, 2.24) is 5.32 Å². The second-order valence-corrected chi connectivity index (χ2v) is 3.35. The van der Waals surface area contributed by atoms with E-state index in [2.05, 4.69) is 16.8 Å². The van der Waals surface area contributed by atoms with E-state index in [0.717, 1.165) is 6.42 Å². The van der Waals surface area contributed by atoms with Gasteiger partial charge in [-0.15, -0.1) is 11.3 Å². The molecule has 0 aliphatic rings. The molecule has 1 rings (SSSR count). The van der Waals surface area contributed by atoms with Gasteiger partial charge >= 0.3 is 0 Å². The lowest BCUT2D eigenvalue weighted by Gasteiger charge is -2.11. The highest BCUT2D eigenvalue weighted by Crippen LogP contribution is 2.20. The molecule has 0 fully saturated rings. The fourth-order valence-electron chi connectivity index (χ4n) is 1.05. The Morgan fingerprint density at radius 2 is 2.55 bits per heavy atom. The summed E-state index contributed by atoms with van der Waals surface area (Å²) in [6, 6.07) is 4.43. The molecule has 1 atom stereocenters.